The van der Waals surface area contributed by atoms with Crippen molar-refractivity contribution in [3.05, 3.63) is 29.3 Å². The van der Waals surface area contributed by atoms with Crippen LogP contribution in [0.1, 0.15) is 50.0 Å². The van der Waals surface area contributed by atoms with Crippen LogP contribution in [-0.4, -0.2) is 29.3 Å². The summed E-state index contributed by atoms with van der Waals surface area (Å²) >= 11 is 0. The van der Waals surface area contributed by atoms with E-state index in [9.17, 15) is 14.9 Å². The molecule has 6 heteroatoms. The molecule has 1 atom stereocenters. The van der Waals surface area contributed by atoms with E-state index in [0.29, 0.717) is 24.2 Å². The average Bonchev–Trinajstić information content (AvgIpc) is 2.45. The normalized spacial score (nSPS) is 20.4. The van der Waals surface area contributed by atoms with E-state index in [1.165, 1.54) is 17.0 Å². The molecule has 1 amide bonds. The van der Waals surface area contributed by atoms with Gasteiger partial charge in [-0.05, 0) is 57.9 Å². The van der Waals surface area contributed by atoms with E-state index in [4.69, 9.17) is 9.84 Å². The number of carbonyl (C=O) groups excluding carboxylic acids is 1. The number of benzene rings is 1. The van der Waals surface area contributed by atoms with Crippen LogP contribution in [0.3, 0.4) is 0 Å². The second-order valence-corrected chi connectivity index (χ2v) is 6.86. The van der Waals surface area contributed by atoms with Gasteiger partial charge in [-0.1, -0.05) is 0 Å². The molecule has 0 bridgehead atoms. The molecule has 1 heterocycles. The molecular formula is C17H20N2O4. The number of carboxylic acids is 1. The SMILES string of the molecule is CC(C)(C)OC(=O)N1CC[C@](C)(C#N)c2cc(C(=O)O)ccc21. The van der Waals surface area contributed by atoms with Crippen LogP contribution in [-0.2, 0) is 10.2 Å². The zero-order valence-electron chi connectivity index (χ0n) is 13.7. The molecule has 1 aromatic carbocycles. The summed E-state index contributed by atoms with van der Waals surface area (Å²) in [4.78, 5) is 25.1. The Morgan fingerprint density at radius 2 is 2.04 bits per heavy atom. The molecule has 23 heavy (non-hydrogen) atoms. The maximum Gasteiger partial charge on any atom is 0.414 e. The standard InChI is InChI=1S/C17H20N2O4/c1-16(2,3)23-15(22)19-8-7-17(4,10-18)12-9-11(14(20)21)5-6-13(12)19/h5-6,9H,7-8H2,1-4H3,(H,20,21)/t17-/m1/s1. The van der Waals surface area contributed by atoms with Gasteiger partial charge in [0.15, 0.2) is 0 Å². The van der Waals surface area contributed by atoms with Gasteiger partial charge in [0, 0.05) is 6.54 Å². The van der Waals surface area contributed by atoms with Crippen molar-refractivity contribution in [3.8, 4) is 6.07 Å². The number of rotatable bonds is 1. The fourth-order valence-corrected chi connectivity index (χ4v) is 2.56. The third-order valence-electron chi connectivity index (χ3n) is 3.82. The van der Waals surface area contributed by atoms with Crippen LogP contribution in [0, 0.1) is 11.3 Å². The Morgan fingerprint density at radius 3 is 2.57 bits per heavy atom. The third kappa shape index (κ3) is 3.29. The molecule has 1 N–H and O–H groups in total. The number of hydrogen-bond donors (Lipinski definition) is 1. The number of aromatic carboxylic acids is 1. The van der Waals surface area contributed by atoms with Gasteiger partial charge in [0.1, 0.15) is 5.60 Å². The van der Waals surface area contributed by atoms with Crippen molar-refractivity contribution in [3.63, 3.8) is 0 Å². The zero-order chi connectivity index (χ0) is 17.4. The van der Waals surface area contributed by atoms with Gasteiger partial charge in [-0.15, -0.1) is 0 Å². The number of fused-ring (bicyclic) bond motifs is 1. The highest BCUT2D eigenvalue weighted by Crippen LogP contribution is 2.40. The van der Waals surface area contributed by atoms with Gasteiger partial charge in [0.2, 0.25) is 0 Å². The minimum atomic E-state index is -1.07. The van der Waals surface area contributed by atoms with E-state index in [2.05, 4.69) is 6.07 Å². The maximum atomic E-state index is 12.4. The highest BCUT2D eigenvalue weighted by atomic mass is 16.6. The van der Waals surface area contributed by atoms with Crippen LogP contribution < -0.4 is 4.90 Å². The summed E-state index contributed by atoms with van der Waals surface area (Å²) in [5.41, 5.74) is -0.305. The highest BCUT2D eigenvalue weighted by molar-refractivity contribution is 5.93. The second-order valence-electron chi connectivity index (χ2n) is 6.86. The molecule has 0 fully saturated rings. The van der Waals surface area contributed by atoms with Crippen molar-refractivity contribution in [2.24, 2.45) is 0 Å². The molecule has 1 aromatic rings. The van der Waals surface area contributed by atoms with Crippen molar-refractivity contribution >= 4 is 17.7 Å². The Morgan fingerprint density at radius 1 is 1.39 bits per heavy atom. The van der Waals surface area contributed by atoms with Gasteiger partial charge < -0.3 is 9.84 Å². The first-order chi connectivity index (χ1) is 10.6. The van der Waals surface area contributed by atoms with Gasteiger partial charge in [0.05, 0.1) is 22.7 Å². The monoisotopic (exact) mass is 316 g/mol. The fourth-order valence-electron chi connectivity index (χ4n) is 2.56. The van der Waals surface area contributed by atoms with E-state index >= 15 is 0 Å². The second kappa shape index (κ2) is 5.58. The van der Waals surface area contributed by atoms with Gasteiger partial charge >= 0.3 is 12.1 Å². The summed E-state index contributed by atoms with van der Waals surface area (Å²) in [7, 11) is 0. The van der Waals surface area contributed by atoms with Crippen LogP contribution >= 0.6 is 0 Å². The van der Waals surface area contributed by atoms with Crippen molar-refractivity contribution in [2.45, 2.75) is 45.1 Å². The molecule has 0 unspecified atom stereocenters. The first-order valence-corrected chi connectivity index (χ1v) is 7.37. The fraction of sp³-hybridized carbons (Fsp3) is 0.471. The van der Waals surface area contributed by atoms with Crippen LogP contribution in [0.25, 0.3) is 0 Å². The molecule has 6 nitrogen and oxygen atoms in total. The molecule has 1 aliphatic heterocycles. The lowest BCUT2D eigenvalue weighted by atomic mass is 9.76. The summed E-state index contributed by atoms with van der Waals surface area (Å²) in [5.74, 6) is -1.07. The van der Waals surface area contributed by atoms with E-state index in [-0.39, 0.29) is 5.56 Å². The zero-order valence-corrected chi connectivity index (χ0v) is 13.7. The Labute approximate surface area is 135 Å². The molecular weight excluding hydrogens is 296 g/mol. The van der Waals surface area contributed by atoms with Gasteiger partial charge in [-0.25, -0.2) is 9.59 Å². The number of ether oxygens (including phenoxy) is 1. The van der Waals surface area contributed by atoms with Crippen LogP contribution in [0.5, 0.6) is 0 Å². The van der Waals surface area contributed by atoms with Gasteiger partial charge in [-0.2, -0.15) is 5.26 Å². The number of hydrogen-bond acceptors (Lipinski definition) is 4. The summed E-state index contributed by atoms with van der Waals surface area (Å²) < 4.78 is 5.40. The number of amides is 1. The number of carbonyl (C=O) groups is 2. The van der Waals surface area contributed by atoms with E-state index in [1.54, 1.807) is 33.8 Å². The van der Waals surface area contributed by atoms with Crippen molar-refractivity contribution in [2.75, 3.05) is 11.4 Å². The predicted octanol–water partition coefficient (Wildman–Crippen LogP) is 3.31. The van der Waals surface area contributed by atoms with Gasteiger partial charge in [-0.3, -0.25) is 4.90 Å². The quantitative estimate of drug-likeness (QED) is 0.858. The maximum absolute atomic E-state index is 12.4. The third-order valence-corrected chi connectivity index (χ3v) is 3.82. The predicted molar refractivity (Wildman–Crippen MR) is 84.6 cm³/mol. The van der Waals surface area contributed by atoms with Crippen LogP contribution in [0.2, 0.25) is 0 Å². The first-order valence-electron chi connectivity index (χ1n) is 7.37. The Bertz CT molecular complexity index is 700. The highest BCUT2D eigenvalue weighted by Gasteiger charge is 2.39. The first kappa shape index (κ1) is 16.8. The number of nitrogens with zero attached hydrogens (tertiary/aromatic N) is 2. The van der Waals surface area contributed by atoms with E-state index in [0.717, 1.165) is 0 Å². The smallest absolute Gasteiger partial charge is 0.414 e. The van der Waals surface area contributed by atoms with E-state index < -0.39 is 23.1 Å². The summed E-state index contributed by atoms with van der Waals surface area (Å²) in [5, 5.41) is 18.7. The molecule has 0 saturated heterocycles. The summed E-state index contributed by atoms with van der Waals surface area (Å²) in [6, 6.07) is 6.71. The molecule has 2 rings (SSSR count). The molecule has 0 saturated carbocycles. The lowest BCUT2D eigenvalue weighted by Crippen LogP contribution is -2.44. The molecule has 122 valence electrons. The topological polar surface area (TPSA) is 90.6 Å². The number of nitriles is 1. The van der Waals surface area contributed by atoms with Crippen molar-refractivity contribution < 1.29 is 19.4 Å². The van der Waals surface area contributed by atoms with Gasteiger partial charge in [0.25, 0.3) is 0 Å². The molecule has 1 aliphatic rings. The van der Waals surface area contributed by atoms with Crippen LogP contribution in [0.15, 0.2) is 18.2 Å². The Hall–Kier alpha value is -2.55. The summed E-state index contributed by atoms with van der Waals surface area (Å²) in [6.07, 6.45) is -0.0828. The van der Waals surface area contributed by atoms with Crippen molar-refractivity contribution in [1.29, 1.82) is 5.26 Å². The summed E-state index contributed by atoms with van der Waals surface area (Å²) in [6.45, 7) is 7.44. The minimum absolute atomic E-state index is 0.0938. The Kier molecular flexibility index (Phi) is 4.08. The Balaban J connectivity index is 2.50. The number of anilines is 1. The average molecular weight is 316 g/mol. The van der Waals surface area contributed by atoms with E-state index in [1.807, 2.05) is 0 Å². The molecule has 0 aromatic heterocycles. The molecule has 0 spiro atoms. The van der Waals surface area contributed by atoms with Crippen LogP contribution in [0.4, 0.5) is 10.5 Å². The number of carboxylic acid groups (broad SMARTS) is 1. The molecule has 0 aliphatic carbocycles. The largest absolute Gasteiger partial charge is 0.478 e. The molecule has 0 radical (unpaired) electrons. The minimum Gasteiger partial charge on any atom is -0.478 e. The lowest BCUT2D eigenvalue weighted by molar-refractivity contribution is 0.0575. The lowest BCUT2D eigenvalue weighted by Gasteiger charge is -2.37. The van der Waals surface area contributed by atoms with Crippen molar-refractivity contribution in [1.82, 2.24) is 0 Å².